The molecule has 0 spiro atoms. The first kappa shape index (κ1) is 7.65. The molecule has 4 nitrogen and oxygen atoms in total. The van der Waals surface area contributed by atoms with Crippen LogP contribution in [0, 0.1) is 5.21 Å². The Morgan fingerprint density at radius 2 is 2.45 bits per heavy atom. The van der Waals surface area contributed by atoms with Crippen LogP contribution in [0.3, 0.4) is 0 Å². The molecule has 11 heavy (non-hydrogen) atoms. The third kappa shape index (κ3) is 1.73. The van der Waals surface area contributed by atoms with Gasteiger partial charge in [0, 0.05) is 6.07 Å². The van der Waals surface area contributed by atoms with Crippen molar-refractivity contribution < 1.29 is 9.47 Å². The molecule has 0 aliphatic heterocycles. The van der Waals surface area contributed by atoms with Crippen molar-refractivity contribution in [2.24, 2.45) is 0 Å². The monoisotopic (exact) mass is 154 g/mol. The van der Waals surface area contributed by atoms with Gasteiger partial charge in [-0.05, 0) is 6.92 Å². The van der Waals surface area contributed by atoms with E-state index in [2.05, 4.69) is 0 Å². The topological polar surface area (TPSA) is 62.2 Å². The third-order valence-electron chi connectivity index (χ3n) is 1.22. The number of nitrogens with two attached hydrogens (primary N) is 1. The van der Waals surface area contributed by atoms with Crippen molar-refractivity contribution in [2.45, 2.75) is 6.92 Å². The van der Waals surface area contributed by atoms with E-state index < -0.39 is 0 Å². The summed E-state index contributed by atoms with van der Waals surface area (Å²) >= 11 is 0. The van der Waals surface area contributed by atoms with E-state index in [1.807, 2.05) is 6.92 Å². The summed E-state index contributed by atoms with van der Waals surface area (Å²) < 4.78 is 5.75. The molecular formula is C7H10N2O2. The zero-order valence-corrected chi connectivity index (χ0v) is 6.28. The molecule has 1 aromatic rings. The first-order valence-corrected chi connectivity index (χ1v) is 3.35. The van der Waals surface area contributed by atoms with E-state index in [1.54, 1.807) is 6.07 Å². The number of nitrogen functional groups attached to an aromatic ring is 1. The summed E-state index contributed by atoms with van der Waals surface area (Å²) in [5, 5.41) is 10.6. The van der Waals surface area contributed by atoms with E-state index in [1.165, 1.54) is 12.4 Å². The molecule has 1 rings (SSSR count). The van der Waals surface area contributed by atoms with Crippen LogP contribution in [-0.4, -0.2) is 6.61 Å². The Kier molecular flexibility index (Phi) is 2.15. The van der Waals surface area contributed by atoms with Gasteiger partial charge in [-0.1, -0.05) is 0 Å². The zero-order chi connectivity index (χ0) is 8.27. The van der Waals surface area contributed by atoms with Gasteiger partial charge in [-0.15, -0.1) is 0 Å². The molecule has 1 aromatic heterocycles. The Morgan fingerprint density at radius 3 is 3.00 bits per heavy atom. The first-order valence-electron chi connectivity index (χ1n) is 3.35. The van der Waals surface area contributed by atoms with E-state index in [0.717, 1.165) is 0 Å². The number of ether oxygens (including phenoxy) is 1. The largest absolute Gasteiger partial charge is 0.619 e. The van der Waals surface area contributed by atoms with Gasteiger partial charge in [0.05, 0.1) is 6.61 Å². The molecule has 0 bridgehead atoms. The number of nitrogens with zero attached hydrogens (tertiary/aromatic N) is 1. The standard InChI is InChI=1S/C7H10N2O2/c1-2-11-7-3-4-9(10)5-6(7)8/h3-5H,2,8H2,1H3. The van der Waals surface area contributed by atoms with Crippen molar-refractivity contribution in [3.05, 3.63) is 23.7 Å². The molecule has 0 aliphatic rings. The predicted octanol–water partition coefficient (Wildman–Crippen LogP) is 0.301. The second-order valence-electron chi connectivity index (χ2n) is 2.06. The molecule has 0 unspecified atom stereocenters. The maximum absolute atomic E-state index is 10.6. The molecule has 0 atom stereocenters. The molecular weight excluding hydrogens is 144 g/mol. The lowest BCUT2D eigenvalue weighted by Gasteiger charge is -2.04. The SMILES string of the molecule is CCOc1cc[n+]([O-])cc1N. The number of aromatic nitrogens is 1. The number of pyridine rings is 1. The Hall–Kier alpha value is -1.45. The van der Waals surface area contributed by atoms with Crippen LogP contribution in [0.1, 0.15) is 6.92 Å². The average molecular weight is 154 g/mol. The molecule has 0 saturated heterocycles. The summed E-state index contributed by atoms with van der Waals surface area (Å²) in [6, 6.07) is 1.55. The molecule has 60 valence electrons. The maximum Gasteiger partial charge on any atom is 0.207 e. The number of hydrogen-bond acceptors (Lipinski definition) is 3. The van der Waals surface area contributed by atoms with Gasteiger partial charge in [-0.2, -0.15) is 4.73 Å². The highest BCUT2D eigenvalue weighted by Gasteiger charge is 2.01. The highest BCUT2D eigenvalue weighted by molar-refractivity contribution is 5.48. The van der Waals surface area contributed by atoms with Crippen molar-refractivity contribution in [1.29, 1.82) is 0 Å². The van der Waals surface area contributed by atoms with E-state index in [4.69, 9.17) is 10.5 Å². The van der Waals surface area contributed by atoms with Crippen molar-refractivity contribution in [2.75, 3.05) is 12.3 Å². The highest BCUT2D eigenvalue weighted by atomic mass is 16.5. The van der Waals surface area contributed by atoms with Gasteiger partial charge in [0.2, 0.25) is 6.20 Å². The minimum Gasteiger partial charge on any atom is -0.619 e. The quantitative estimate of drug-likeness (QED) is 0.492. The fourth-order valence-corrected chi connectivity index (χ4v) is 0.768. The normalized spacial score (nSPS) is 9.55. The van der Waals surface area contributed by atoms with Gasteiger partial charge in [-0.25, -0.2) is 0 Å². The van der Waals surface area contributed by atoms with Crippen LogP contribution in [-0.2, 0) is 0 Å². The zero-order valence-electron chi connectivity index (χ0n) is 6.28. The molecule has 0 aliphatic carbocycles. The van der Waals surface area contributed by atoms with Crippen LogP contribution in [0.15, 0.2) is 18.5 Å². The van der Waals surface area contributed by atoms with E-state index in [9.17, 15) is 5.21 Å². The van der Waals surface area contributed by atoms with Gasteiger partial charge < -0.3 is 15.7 Å². The molecule has 0 amide bonds. The molecule has 4 heteroatoms. The van der Waals surface area contributed by atoms with Crippen LogP contribution in [0.2, 0.25) is 0 Å². The molecule has 0 saturated carbocycles. The summed E-state index contributed by atoms with van der Waals surface area (Å²) in [7, 11) is 0. The third-order valence-corrected chi connectivity index (χ3v) is 1.22. The summed E-state index contributed by atoms with van der Waals surface area (Å²) in [5.74, 6) is 0.555. The Bertz CT molecular complexity index is 250. The van der Waals surface area contributed by atoms with Crippen LogP contribution < -0.4 is 15.2 Å². The smallest absolute Gasteiger partial charge is 0.207 e. The minimum absolute atomic E-state index is 0.365. The van der Waals surface area contributed by atoms with E-state index in [-0.39, 0.29) is 0 Å². The first-order chi connectivity index (χ1) is 5.24. The Labute approximate surface area is 64.8 Å². The minimum atomic E-state index is 0.365. The van der Waals surface area contributed by atoms with Crippen molar-refractivity contribution in [3.8, 4) is 5.75 Å². The maximum atomic E-state index is 10.6. The van der Waals surface area contributed by atoms with Gasteiger partial charge >= 0.3 is 0 Å². The lowest BCUT2D eigenvalue weighted by atomic mass is 10.4. The molecule has 2 N–H and O–H groups in total. The Morgan fingerprint density at radius 1 is 1.73 bits per heavy atom. The van der Waals surface area contributed by atoms with Crippen molar-refractivity contribution in [3.63, 3.8) is 0 Å². The lowest BCUT2D eigenvalue weighted by molar-refractivity contribution is -0.604. The number of anilines is 1. The molecule has 0 fully saturated rings. The van der Waals surface area contributed by atoms with E-state index in [0.29, 0.717) is 22.8 Å². The lowest BCUT2D eigenvalue weighted by Crippen LogP contribution is -2.24. The highest BCUT2D eigenvalue weighted by Crippen LogP contribution is 2.16. The second kappa shape index (κ2) is 3.09. The van der Waals surface area contributed by atoms with Gasteiger partial charge in [0.1, 0.15) is 5.69 Å². The van der Waals surface area contributed by atoms with Crippen LogP contribution >= 0.6 is 0 Å². The summed E-state index contributed by atoms with van der Waals surface area (Å²) in [4.78, 5) is 0. The van der Waals surface area contributed by atoms with Crippen LogP contribution in [0.5, 0.6) is 5.75 Å². The number of hydrogen-bond donors (Lipinski definition) is 1. The van der Waals surface area contributed by atoms with Crippen molar-refractivity contribution >= 4 is 5.69 Å². The van der Waals surface area contributed by atoms with Crippen LogP contribution in [0.4, 0.5) is 5.69 Å². The van der Waals surface area contributed by atoms with Gasteiger partial charge in [0.25, 0.3) is 0 Å². The second-order valence-corrected chi connectivity index (χ2v) is 2.06. The number of rotatable bonds is 2. The Balaban J connectivity index is 2.90. The molecule has 1 heterocycles. The van der Waals surface area contributed by atoms with Crippen LogP contribution in [0.25, 0.3) is 0 Å². The van der Waals surface area contributed by atoms with Crippen molar-refractivity contribution in [1.82, 2.24) is 0 Å². The molecule has 0 radical (unpaired) electrons. The molecule has 0 aromatic carbocycles. The van der Waals surface area contributed by atoms with E-state index >= 15 is 0 Å². The fourth-order valence-electron chi connectivity index (χ4n) is 0.768. The van der Waals surface area contributed by atoms with Gasteiger partial charge in [-0.3, -0.25) is 0 Å². The summed E-state index contributed by atoms with van der Waals surface area (Å²) in [6.07, 6.45) is 2.62. The average Bonchev–Trinajstić information content (AvgIpc) is 1.95. The predicted molar refractivity (Wildman–Crippen MR) is 41.0 cm³/mol. The van der Waals surface area contributed by atoms with Gasteiger partial charge in [0.15, 0.2) is 11.9 Å². The summed E-state index contributed by atoms with van der Waals surface area (Å²) in [5.41, 5.74) is 5.83. The summed E-state index contributed by atoms with van der Waals surface area (Å²) in [6.45, 7) is 2.41. The fraction of sp³-hybridized carbons (Fsp3) is 0.286.